The summed E-state index contributed by atoms with van der Waals surface area (Å²) < 4.78 is 7.06. The number of carbonyl (C=O) groups is 1. The Balaban J connectivity index is 1.86. The molecular formula is C21H18N2O2. The van der Waals surface area contributed by atoms with Crippen LogP contribution in [0.15, 0.2) is 65.6 Å². The molecule has 0 aliphatic carbocycles. The molecule has 0 amide bonds. The third kappa shape index (κ3) is 2.87. The van der Waals surface area contributed by atoms with Crippen LogP contribution in [0, 0.1) is 13.8 Å². The molecule has 0 fully saturated rings. The fraction of sp³-hybridized carbons (Fsp3) is 0.143. The molecule has 4 aromatic rings. The van der Waals surface area contributed by atoms with Gasteiger partial charge in [0.15, 0.2) is 5.78 Å². The van der Waals surface area contributed by atoms with Crippen molar-refractivity contribution in [2.45, 2.75) is 20.3 Å². The Kier molecular flexibility index (Phi) is 3.73. The first kappa shape index (κ1) is 15.4. The molecule has 4 nitrogen and oxygen atoms in total. The molecule has 25 heavy (non-hydrogen) atoms. The summed E-state index contributed by atoms with van der Waals surface area (Å²) in [6.45, 7) is 4.09. The maximum Gasteiger partial charge on any atom is 0.172 e. The van der Waals surface area contributed by atoms with Crippen molar-refractivity contribution in [1.82, 2.24) is 9.38 Å². The van der Waals surface area contributed by atoms with Gasteiger partial charge in [-0.05, 0) is 31.5 Å². The molecule has 4 rings (SSSR count). The molecule has 4 heteroatoms. The molecule has 0 unspecified atom stereocenters. The molecule has 0 atom stereocenters. The summed E-state index contributed by atoms with van der Waals surface area (Å²) in [5, 5.41) is 0. The van der Waals surface area contributed by atoms with Gasteiger partial charge in [0, 0.05) is 11.8 Å². The number of carbonyl (C=O) groups excluding carboxylic acids is 1. The molecule has 124 valence electrons. The van der Waals surface area contributed by atoms with Crippen molar-refractivity contribution in [2.75, 3.05) is 0 Å². The lowest BCUT2D eigenvalue weighted by molar-refractivity contribution is 0.0991. The quantitative estimate of drug-likeness (QED) is 0.512. The van der Waals surface area contributed by atoms with Gasteiger partial charge in [0.1, 0.15) is 11.9 Å². The normalized spacial score (nSPS) is 11.1. The summed E-state index contributed by atoms with van der Waals surface area (Å²) in [5.74, 6) is 0.0189. The number of Topliss-reactive ketones (excluding diaryl/α,β-unsaturated/α-hetero) is 1. The van der Waals surface area contributed by atoms with E-state index in [-0.39, 0.29) is 12.2 Å². The van der Waals surface area contributed by atoms with Crippen LogP contribution in [0.3, 0.4) is 0 Å². The van der Waals surface area contributed by atoms with Crippen molar-refractivity contribution in [3.05, 3.63) is 83.6 Å². The van der Waals surface area contributed by atoms with Gasteiger partial charge in [-0.2, -0.15) is 0 Å². The van der Waals surface area contributed by atoms with Gasteiger partial charge >= 0.3 is 0 Å². The van der Waals surface area contributed by atoms with E-state index in [1.54, 1.807) is 6.07 Å². The number of hydrogen-bond donors (Lipinski definition) is 0. The second-order valence-corrected chi connectivity index (χ2v) is 6.32. The SMILES string of the molecule is Cc1ccc(-c2nc3ccc(C)cn3c2CC(=O)c2ccoc2)cc1. The topological polar surface area (TPSA) is 47.5 Å². The lowest BCUT2D eigenvalue weighted by Crippen LogP contribution is -2.06. The van der Waals surface area contributed by atoms with E-state index in [9.17, 15) is 4.79 Å². The van der Waals surface area contributed by atoms with Crippen LogP contribution in [0.4, 0.5) is 0 Å². The highest BCUT2D eigenvalue weighted by Crippen LogP contribution is 2.26. The molecule has 0 saturated carbocycles. The first-order chi connectivity index (χ1) is 12.1. The van der Waals surface area contributed by atoms with Gasteiger partial charge in [-0.3, -0.25) is 4.79 Å². The van der Waals surface area contributed by atoms with Crippen LogP contribution < -0.4 is 0 Å². The zero-order chi connectivity index (χ0) is 17.4. The fourth-order valence-electron chi connectivity index (χ4n) is 2.99. The van der Waals surface area contributed by atoms with Crippen LogP contribution >= 0.6 is 0 Å². The minimum absolute atomic E-state index is 0.0189. The van der Waals surface area contributed by atoms with Crippen LogP contribution in [0.1, 0.15) is 27.2 Å². The molecule has 0 saturated heterocycles. The first-order valence-corrected chi connectivity index (χ1v) is 8.22. The Morgan fingerprint density at radius 2 is 1.80 bits per heavy atom. The van der Waals surface area contributed by atoms with Crippen LogP contribution in [0.2, 0.25) is 0 Å². The van der Waals surface area contributed by atoms with Gasteiger partial charge in [-0.15, -0.1) is 0 Å². The van der Waals surface area contributed by atoms with Gasteiger partial charge in [-0.25, -0.2) is 4.98 Å². The zero-order valence-electron chi connectivity index (χ0n) is 14.2. The number of hydrogen-bond acceptors (Lipinski definition) is 3. The van der Waals surface area contributed by atoms with E-state index in [0.717, 1.165) is 28.2 Å². The average molecular weight is 330 g/mol. The first-order valence-electron chi connectivity index (χ1n) is 8.22. The van der Waals surface area contributed by atoms with Crippen molar-refractivity contribution >= 4 is 11.4 Å². The minimum atomic E-state index is 0.0189. The molecule has 3 heterocycles. The molecule has 1 aromatic carbocycles. The van der Waals surface area contributed by atoms with E-state index < -0.39 is 0 Å². The number of furan rings is 1. The van der Waals surface area contributed by atoms with Crippen LogP contribution in [0.25, 0.3) is 16.9 Å². The number of ketones is 1. The molecule has 0 spiro atoms. The summed E-state index contributed by atoms with van der Waals surface area (Å²) >= 11 is 0. The maximum atomic E-state index is 12.6. The van der Waals surface area contributed by atoms with Crippen molar-refractivity contribution in [2.24, 2.45) is 0 Å². The molecule has 0 N–H and O–H groups in total. The highest BCUT2D eigenvalue weighted by atomic mass is 16.3. The molecule has 0 aliphatic heterocycles. The Morgan fingerprint density at radius 3 is 2.52 bits per heavy atom. The monoisotopic (exact) mass is 330 g/mol. The Bertz CT molecular complexity index is 1040. The van der Waals surface area contributed by atoms with E-state index in [2.05, 4.69) is 31.2 Å². The molecular weight excluding hydrogens is 312 g/mol. The number of benzene rings is 1. The number of rotatable bonds is 4. The van der Waals surface area contributed by atoms with Crippen molar-refractivity contribution in [3.8, 4) is 11.3 Å². The molecule has 0 radical (unpaired) electrons. The smallest absolute Gasteiger partial charge is 0.172 e. The standard InChI is InChI=1S/C21H18N2O2/c1-14-3-6-16(7-4-14)21-18(11-19(24)17-9-10-25-13-17)23-12-15(2)5-8-20(23)22-21/h3-10,12-13H,11H2,1-2H3. The van der Waals surface area contributed by atoms with Crippen LogP contribution in [0.5, 0.6) is 0 Å². The Labute approximate surface area is 145 Å². The third-order valence-corrected chi connectivity index (χ3v) is 4.36. The van der Waals surface area contributed by atoms with Gasteiger partial charge in [0.25, 0.3) is 0 Å². The van der Waals surface area contributed by atoms with Gasteiger partial charge in [-0.1, -0.05) is 35.9 Å². The summed E-state index contributed by atoms with van der Waals surface area (Å²) in [7, 11) is 0. The minimum Gasteiger partial charge on any atom is -0.472 e. The summed E-state index contributed by atoms with van der Waals surface area (Å²) in [6.07, 6.45) is 5.31. The Hall–Kier alpha value is -3.14. The zero-order valence-corrected chi connectivity index (χ0v) is 14.2. The van der Waals surface area contributed by atoms with E-state index in [1.165, 1.54) is 18.1 Å². The van der Waals surface area contributed by atoms with E-state index in [0.29, 0.717) is 5.56 Å². The molecule has 0 bridgehead atoms. The maximum absolute atomic E-state index is 12.6. The number of aryl methyl sites for hydroxylation is 2. The average Bonchev–Trinajstić information content (AvgIpc) is 3.24. The van der Waals surface area contributed by atoms with Gasteiger partial charge in [0.2, 0.25) is 0 Å². The third-order valence-electron chi connectivity index (χ3n) is 4.36. The second kappa shape index (κ2) is 6.06. The number of nitrogens with zero attached hydrogens (tertiary/aromatic N) is 2. The number of pyridine rings is 1. The van der Waals surface area contributed by atoms with Gasteiger partial charge in [0.05, 0.1) is 29.6 Å². The molecule has 0 aliphatic rings. The summed E-state index contributed by atoms with van der Waals surface area (Å²) in [4.78, 5) is 17.4. The van der Waals surface area contributed by atoms with E-state index >= 15 is 0 Å². The van der Waals surface area contributed by atoms with E-state index in [4.69, 9.17) is 9.40 Å². The predicted octanol–water partition coefficient (Wildman–Crippen LogP) is 4.64. The van der Waals surface area contributed by atoms with E-state index in [1.807, 2.05) is 29.7 Å². The Morgan fingerprint density at radius 1 is 1.04 bits per heavy atom. The molecule has 3 aromatic heterocycles. The number of imidazole rings is 1. The second-order valence-electron chi connectivity index (χ2n) is 6.32. The predicted molar refractivity (Wildman–Crippen MR) is 96.8 cm³/mol. The number of aromatic nitrogens is 2. The largest absolute Gasteiger partial charge is 0.472 e. The fourth-order valence-corrected chi connectivity index (χ4v) is 2.99. The van der Waals surface area contributed by atoms with Crippen molar-refractivity contribution < 1.29 is 9.21 Å². The summed E-state index contributed by atoms with van der Waals surface area (Å²) in [5.41, 5.74) is 6.50. The van der Waals surface area contributed by atoms with Gasteiger partial charge < -0.3 is 8.82 Å². The number of fused-ring (bicyclic) bond motifs is 1. The van der Waals surface area contributed by atoms with Crippen molar-refractivity contribution in [3.63, 3.8) is 0 Å². The highest BCUT2D eigenvalue weighted by molar-refractivity contribution is 5.97. The van der Waals surface area contributed by atoms with Crippen LogP contribution in [-0.4, -0.2) is 15.2 Å². The lowest BCUT2D eigenvalue weighted by atomic mass is 10.0. The lowest BCUT2D eigenvalue weighted by Gasteiger charge is -2.05. The van der Waals surface area contributed by atoms with Crippen LogP contribution in [-0.2, 0) is 6.42 Å². The highest BCUT2D eigenvalue weighted by Gasteiger charge is 2.18. The van der Waals surface area contributed by atoms with Crippen molar-refractivity contribution in [1.29, 1.82) is 0 Å². The summed E-state index contributed by atoms with van der Waals surface area (Å²) in [6, 6.07) is 13.9.